The summed E-state index contributed by atoms with van der Waals surface area (Å²) in [7, 11) is 0. The summed E-state index contributed by atoms with van der Waals surface area (Å²) >= 11 is 6.00. The van der Waals surface area contributed by atoms with Crippen molar-refractivity contribution in [1.29, 1.82) is 0 Å². The van der Waals surface area contributed by atoms with Gasteiger partial charge >= 0.3 is 0 Å². The Morgan fingerprint density at radius 3 is 2.70 bits per heavy atom. The number of nitrogen functional groups attached to an aromatic ring is 1. The van der Waals surface area contributed by atoms with Crippen LogP contribution in [0.2, 0.25) is 5.02 Å². The monoisotopic (exact) mass is 324 g/mol. The lowest BCUT2D eigenvalue weighted by molar-refractivity contribution is 0.369. The quantitative estimate of drug-likeness (QED) is 0.736. The summed E-state index contributed by atoms with van der Waals surface area (Å²) in [4.78, 5) is 9.04. The van der Waals surface area contributed by atoms with E-state index >= 15 is 0 Å². The summed E-state index contributed by atoms with van der Waals surface area (Å²) in [5.74, 6) is 1.15. The number of hydrogen-bond donors (Lipinski definition) is 1. The van der Waals surface area contributed by atoms with E-state index in [1.54, 1.807) is 12.4 Å². The maximum atomic E-state index is 6.17. The van der Waals surface area contributed by atoms with E-state index in [1.807, 2.05) is 37.3 Å². The van der Waals surface area contributed by atoms with Gasteiger partial charge < -0.3 is 10.3 Å². The topological polar surface area (TPSA) is 77.3 Å². The first-order valence-corrected chi connectivity index (χ1v) is 7.56. The van der Waals surface area contributed by atoms with Crippen molar-refractivity contribution in [3.8, 4) is 11.1 Å². The summed E-state index contributed by atoms with van der Waals surface area (Å²) in [5.41, 5.74) is 10.5. The molecular weight excluding hydrogens is 312 g/mol. The predicted molar refractivity (Wildman–Crippen MR) is 89.7 cm³/mol. The van der Waals surface area contributed by atoms with Crippen LogP contribution in [0.5, 0.6) is 0 Å². The smallest absolute Gasteiger partial charge is 0.168 e. The zero-order valence-electron chi connectivity index (χ0n) is 12.3. The minimum atomic E-state index is -0.176. The van der Waals surface area contributed by atoms with Crippen molar-refractivity contribution in [3.05, 3.63) is 64.6 Å². The lowest BCUT2D eigenvalue weighted by atomic mass is 9.95. The molecule has 0 amide bonds. The summed E-state index contributed by atoms with van der Waals surface area (Å²) in [5, 5.41) is 4.58. The number of anilines is 1. The van der Waals surface area contributed by atoms with Gasteiger partial charge in [0.1, 0.15) is 11.9 Å². The Kier molecular flexibility index (Phi) is 3.16. The second-order valence-corrected chi connectivity index (χ2v) is 5.82. The number of pyridine rings is 1. The average Bonchev–Trinajstić information content (AvgIpc) is 2.99. The molecule has 6 heteroatoms. The van der Waals surface area contributed by atoms with Crippen molar-refractivity contribution in [2.75, 3.05) is 5.73 Å². The van der Waals surface area contributed by atoms with Gasteiger partial charge in [0.05, 0.1) is 17.5 Å². The van der Waals surface area contributed by atoms with Crippen LogP contribution in [0, 0.1) is 0 Å². The molecule has 1 aromatic carbocycles. The van der Waals surface area contributed by atoms with Crippen molar-refractivity contribution >= 4 is 23.1 Å². The second kappa shape index (κ2) is 5.21. The molecule has 1 unspecified atom stereocenters. The fourth-order valence-corrected chi connectivity index (χ4v) is 2.97. The molecule has 2 N–H and O–H groups in total. The molecule has 0 saturated carbocycles. The van der Waals surface area contributed by atoms with Gasteiger partial charge in [0.25, 0.3) is 0 Å². The average molecular weight is 325 g/mol. The largest absolute Gasteiger partial charge is 0.383 e. The van der Waals surface area contributed by atoms with Crippen LogP contribution in [-0.2, 0) is 0 Å². The highest BCUT2D eigenvalue weighted by Gasteiger charge is 2.27. The number of hydrogen-bond acceptors (Lipinski definition) is 5. The third kappa shape index (κ3) is 2.21. The first kappa shape index (κ1) is 14.0. The van der Waals surface area contributed by atoms with Crippen LogP contribution in [0.4, 0.5) is 5.82 Å². The van der Waals surface area contributed by atoms with Crippen LogP contribution in [0.15, 0.2) is 52.2 Å². The first-order valence-electron chi connectivity index (χ1n) is 7.18. The zero-order chi connectivity index (χ0) is 16.0. The van der Waals surface area contributed by atoms with Crippen molar-refractivity contribution in [1.82, 2.24) is 10.1 Å². The van der Waals surface area contributed by atoms with Gasteiger partial charge in [-0.1, -0.05) is 28.9 Å². The molecule has 1 aliphatic rings. The summed E-state index contributed by atoms with van der Waals surface area (Å²) in [6.45, 7) is 1.97. The first-order chi connectivity index (χ1) is 11.1. The molecule has 0 bridgehead atoms. The Bertz CT molecular complexity index is 915. The fraction of sp³-hybridized carbons (Fsp3) is 0.118. The molecule has 0 fully saturated rings. The van der Waals surface area contributed by atoms with E-state index in [0.29, 0.717) is 10.8 Å². The number of nitrogens with zero attached hydrogens (tertiary/aromatic N) is 3. The SMILES string of the molecule is CC1N=C(c2ccc(Cl)cc2)c2c(ccnc2N)-c2cnoc21. The van der Waals surface area contributed by atoms with E-state index in [4.69, 9.17) is 26.9 Å². The third-order valence-electron chi connectivity index (χ3n) is 3.93. The third-order valence-corrected chi connectivity index (χ3v) is 4.18. The highest BCUT2D eigenvalue weighted by Crippen LogP contribution is 2.38. The van der Waals surface area contributed by atoms with E-state index in [9.17, 15) is 0 Å². The summed E-state index contributed by atoms with van der Waals surface area (Å²) in [6.07, 6.45) is 3.38. The predicted octanol–water partition coefficient (Wildman–Crippen LogP) is 3.88. The molecule has 3 aromatic rings. The molecule has 1 atom stereocenters. The van der Waals surface area contributed by atoms with E-state index in [0.717, 1.165) is 33.7 Å². The van der Waals surface area contributed by atoms with Gasteiger partial charge in [0.15, 0.2) is 5.76 Å². The van der Waals surface area contributed by atoms with E-state index in [2.05, 4.69) is 10.1 Å². The fourth-order valence-electron chi connectivity index (χ4n) is 2.85. The molecular formula is C17H13ClN4O. The van der Waals surface area contributed by atoms with Crippen LogP contribution >= 0.6 is 11.6 Å². The Morgan fingerprint density at radius 2 is 1.91 bits per heavy atom. The lowest BCUT2D eigenvalue weighted by Gasteiger charge is -2.12. The molecule has 0 aliphatic carbocycles. The Balaban J connectivity index is 2.03. The minimum Gasteiger partial charge on any atom is -0.383 e. The lowest BCUT2D eigenvalue weighted by Crippen LogP contribution is -2.10. The zero-order valence-corrected chi connectivity index (χ0v) is 13.1. The standard InChI is InChI=1S/C17H13ClN4O/c1-9-16-13(8-21-23-16)12-6-7-20-17(19)14(12)15(22-9)10-2-4-11(18)5-3-10/h2-9H,1H3,(H2,19,20). The number of aliphatic imine (C=N–C) groups is 1. The normalized spacial score (nSPS) is 16.3. The van der Waals surface area contributed by atoms with Gasteiger partial charge in [-0.05, 0) is 25.1 Å². The van der Waals surface area contributed by atoms with Crippen LogP contribution in [-0.4, -0.2) is 15.9 Å². The number of aromatic nitrogens is 2. The van der Waals surface area contributed by atoms with Crippen LogP contribution in [0.1, 0.15) is 29.9 Å². The molecule has 3 heterocycles. The van der Waals surface area contributed by atoms with Gasteiger partial charge in [0.2, 0.25) is 0 Å². The van der Waals surface area contributed by atoms with E-state index in [-0.39, 0.29) is 6.04 Å². The summed E-state index contributed by atoms with van der Waals surface area (Å²) < 4.78 is 5.41. The van der Waals surface area contributed by atoms with Crippen molar-refractivity contribution in [2.45, 2.75) is 13.0 Å². The maximum absolute atomic E-state index is 6.17. The molecule has 0 saturated heterocycles. The van der Waals surface area contributed by atoms with Crippen molar-refractivity contribution in [2.24, 2.45) is 4.99 Å². The van der Waals surface area contributed by atoms with E-state index in [1.165, 1.54) is 0 Å². The molecule has 23 heavy (non-hydrogen) atoms. The molecule has 0 spiro atoms. The number of fused-ring (bicyclic) bond motifs is 3. The van der Waals surface area contributed by atoms with Crippen LogP contribution in [0.3, 0.4) is 0 Å². The summed E-state index contributed by atoms with van der Waals surface area (Å²) in [6, 6.07) is 9.25. The Morgan fingerprint density at radius 1 is 1.13 bits per heavy atom. The molecule has 2 aromatic heterocycles. The highest BCUT2D eigenvalue weighted by molar-refractivity contribution is 6.30. The molecule has 4 rings (SSSR count). The van der Waals surface area contributed by atoms with Crippen molar-refractivity contribution < 1.29 is 4.52 Å². The molecule has 5 nitrogen and oxygen atoms in total. The number of rotatable bonds is 1. The number of halogens is 1. The second-order valence-electron chi connectivity index (χ2n) is 5.38. The van der Waals surface area contributed by atoms with Crippen LogP contribution in [0.25, 0.3) is 11.1 Å². The highest BCUT2D eigenvalue weighted by atomic mass is 35.5. The molecule has 114 valence electrons. The Hall–Kier alpha value is -2.66. The number of benzene rings is 1. The van der Waals surface area contributed by atoms with Crippen molar-refractivity contribution in [3.63, 3.8) is 0 Å². The van der Waals surface area contributed by atoms with Gasteiger partial charge in [-0.2, -0.15) is 0 Å². The Labute approximate surface area is 137 Å². The van der Waals surface area contributed by atoms with Gasteiger partial charge in [-0.15, -0.1) is 0 Å². The molecule has 0 radical (unpaired) electrons. The van der Waals surface area contributed by atoms with Gasteiger partial charge in [0, 0.05) is 27.9 Å². The maximum Gasteiger partial charge on any atom is 0.168 e. The van der Waals surface area contributed by atoms with Gasteiger partial charge in [-0.25, -0.2) is 4.98 Å². The van der Waals surface area contributed by atoms with E-state index < -0.39 is 0 Å². The number of nitrogens with two attached hydrogens (primary N) is 1. The van der Waals surface area contributed by atoms with Crippen LogP contribution < -0.4 is 5.73 Å². The minimum absolute atomic E-state index is 0.176. The van der Waals surface area contributed by atoms with Gasteiger partial charge in [-0.3, -0.25) is 4.99 Å². The molecule has 1 aliphatic heterocycles.